The number of benzene rings is 2. The van der Waals surface area contributed by atoms with Crippen LogP contribution in [0.15, 0.2) is 93.1 Å². The van der Waals surface area contributed by atoms with Gasteiger partial charge in [0, 0.05) is 36.9 Å². The van der Waals surface area contributed by atoms with Gasteiger partial charge in [-0.15, -0.1) is 23.1 Å². The molecule has 0 spiro atoms. The zero-order chi connectivity index (χ0) is 26.5. The molecule has 0 amide bonds. The molecular formula is C29H26FN3OS4. The molecule has 1 unspecified atom stereocenters. The van der Waals surface area contributed by atoms with Crippen LogP contribution in [-0.2, 0) is 12.2 Å². The average Bonchev–Trinajstić information content (AvgIpc) is 3.43. The van der Waals surface area contributed by atoms with Gasteiger partial charge in [0.05, 0.1) is 5.69 Å². The first kappa shape index (κ1) is 26.9. The Bertz CT molecular complexity index is 1530. The largest absolute Gasteiger partial charge is 0.325 e. The highest BCUT2D eigenvalue weighted by atomic mass is 32.2. The summed E-state index contributed by atoms with van der Waals surface area (Å²) in [6, 6.07) is 16.9. The van der Waals surface area contributed by atoms with E-state index < -0.39 is 0 Å². The van der Waals surface area contributed by atoms with Crippen molar-refractivity contribution in [2.45, 2.75) is 41.3 Å². The molecule has 5 rings (SSSR count). The molecule has 194 valence electrons. The van der Waals surface area contributed by atoms with Gasteiger partial charge in [-0.3, -0.25) is 4.79 Å². The molecule has 2 N–H and O–H groups in total. The van der Waals surface area contributed by atoms with Crippen molar-refractivity contribution in [1.29, 1.82) is 0 Å². The molecule has 0 bridgehead atoms. The summed E-state index contributed by atoms with van der Waals surface area (Å²) in [5.74, 6) is 0.443. The number of hydrogen-bond donors (Lipinski definition) is 2. The van der Waals surface area contributed by atoms with E-state index in [1.165, 1.54) is 40.7 Å². The van der Waals surface area contributed by atoms with Crippen molar-refractivity contribution >= 4 is 57.4 Å². The van der Waals surface area contributed by atoms with Crippen molar-refractivity contribution in [3.05, 3.63) is 122 Å². The van der Waals surface area contributed by atoms with Gasteiger partial charge < -0.3 is 9.71 Å². The van der Waals surface area contributed by atoms with Gasteiger partial charge in [0.1, 0.15) is 5.82 Å². The van der Waals surface area contributed by atoms with Crippen LogP contribution in [0.5, 0.6) is 0 Å². The van der Waals surface area contributed by atoms with Crippen LogP contribution in [0, 0.1) is 19.7 Å². The van der Waals surface area contributed by atoms with Crippen molar-refractivity contribution in [2.75, 3.05) is 4.72 Å². The maximum Gasteiger partial charge on any atom is 0.255 e. The molecule has 4 nitrogen and oxygen atoms in total. The zero-order valence-electron chi connectivity index (χ0n) is 20.9. The summed E-state index contributed by atoms with van der Waals surface area (Å²) in [5.41, 5.74) is 4.55. The molecule has 0 fully saturated rings. The predicted octanol–water partition coefficient (Wildman–Crippen LogP) is 8.25. The molecule has 2 aromatic heterocycles. The van der Waals surface area contributed by atoms with E-state index in [1.807, 2.05) is 13.0 Å². The Labute approximate surface area is 238 Å². The molecule has 3 heterocycles. The van der Waals surface area contributed by atoms with Gasteiger partial charge in [0.15, 0.2) is 5.16 Å². The minimum absolute atomic E-state index is 0.100. The summed E-state index contributed by atoms with van der Waals surface area (Å²) in [5, 5.41) is 3.04. The molecule has 0 aliphatic carbocycles. The fourth-order valence-electron chi connectivity index (χ4n) is 3.90. The molecule has 0 saturated heterocycles. The maximum atomic E-state index is 13.1. The van der Waals surface area contributed by atoms with Gasteiger partial charge in [-0.1, -0.05) is 42.1 Å². The van der Waals surface area contributed by atoms with Gasteiger partial charge in [0.2, 0.25) is 0 Å². The number of nitrogens with zero attached hydrogens (tertiary/aromatic N) is 1. The maximum absolute atomic E-state index is 13.1. The van der Waals surface area contributed by atoms with Crippen LogP contribution in [0.1, 0.15) is 27.3 Å². The van der Waals surface area contributed by atoms with Gasteiger partial charge >= 0.3 is 0 Å². The monoisotopic (exact) mass is 579 g/mol. The summed E-state index contributed by atoms with van der Waals surface area (Å²) in [4.78, 5) is 23.9. The Morgan fingerprint density at radius 1 is 1.13 bits per heavy atom. The van der Waals surface area contributed by atoms with Gasteiger partial charge in [-0.25, -0.2) is 9.37 Å². The van der Waals surface area contributed by atoms with E-state index in [4.69, 9.17) is 4.98 Å². The number of aryl methyl sites for hydroxylation is 1. The van der Waals surface area contributed by atoms with Crippen LogP contribution in [0.25, 0.3) is 4.91 Å². The third-order valence-corrected chi connectivity index (χ3v) is 9.84. The molecule has 1 atom stereocenters. The predicted molar refractivity (Wildman–Crippen MR) is 163 cm³/mol. The van der Waals surface area contributed by atoms with Crippen LogP contribution < -0.4 is 10.3 Å². The van der Waals surface area contributed by atoms with Crippen LogP contribution >= 0.6 is 46.8 Å². The minimum Gasteiger partial charge on any atom is -0.325 e. The zero-order valence-corrected chi connectivity index (χ0v) is 24.1. The Balaban J connectivity index is 1.24. The number of aromatic amines is 1. The number of aromatic nitrogens is 2. The molecule has 1 aliphatic heterocycles. The van der Waals surface area contributed by atoms with Crippen molar-refractivity contribution in [1.82, 2.24) is 9.97 Å². The van der Waals surface area contributed by atoms with Crippen molar-refractivity contribution in [2.24, 2.45) is 0 Å². The number of anilines is 1. The van der Waals surface area contributed by atoms with Gasteiger partial charge in [-0.05, 0) is 91.2 Å². The summed E-state index contributed by atoms with van der Waals surface area (Å²) < 4.78 is 16.5. The third-order valence-electron chi connectivity index (χ3n) is 5.96. The number of halogens is 1. The molecule has 1 aliphatic rings. The number of thioether (sulfide) groups is 2. The van der Waals surface area contributed by atoms with Crippen molar-refractivity contribution in [3.8, 4) is 0 Å². The second kappa shape index (κ2) is 12.4. The lowest BCUT2D eigenvalue weighted by Gasteiger charge is -2.18. The first-order valence-corrected chi connectivity index (χ1v) is 15.6. The van der Waals surface area contributed by atoms with E-state index in [2.05, 4.69) is 64.5 Å². The van der Waals surface area contributed by atoms with E-state index >= 15 is 0 Å². The van der Waals surface area contributed by atoms with E-state index in [-0.39, 0.29) is 11.4 Å². The topological polar surface area (TPSA) is 57.8 Å². The average molecular weight is 580 g/mol. The standard InChI is InChI=1S/C29H26FN3OS4/c1-18-15-20(8-13-25(18)33-38-22-11-9-21(30)10-12-22)17-36-29-31-27(19(2)28(34)32-29)26-7-3-5-24(37-26)16-23-6-4-14-35-23/h3-15,24,33H,16-17H2,1-2H3,(H,31,32,34). The Morgan fingerprint density at radius 3 is 2.74 bits per heavy atom. The summed E-state index contributed by atoms with van der Waals surface area (Å²) >= 11 is 6.51. The van der Waals surface area contributed by atoms with Crippen LogP contribution in [0.2, 0.25) is 0 Å². The smallest absolute Gasteiger partial charge is 0.255 e. The van der Waals surface area contributed by atoms with Crippen LogP contribution in [0.4, 0.5) is 10.1 Å². The fourth-order valence-corrected chi connectivity index (χ4v) is 7.53. The lowest BCUT2D eigenvalue weighted by atomic mass is 10.1. The minimum atomic E-state index is -0.242. The highest BCUT2D eigenvalue weighted by Gasteiger charge is 2.19. The second-order valence-electron chi connectivity index (χ2n) is 8.80. The lowest BCUT2D eigenvalue weighted by Crippen LogP contribution is -2.16. The first-order chi connectivity index (χ1) is 18.4. The molecule has 0 radical (unpaired) electrons. The lowest BCUT2D eigenvalue weighted by molar-refractivity contribution is 0.626. The van der Waals surface area contributed by atoms with E-state index in [9.17, 15) is 9.18 Å². The third kappa shape index (κ3) is 6.83. The van der Waals surface area contributed by atoms with Gasteiger partial charge in [-0.2, -0.15) is 0 Å². The number of rotatable bonds is 9. The number of H-pyrrole nitrogens is 1. The van der Waals surface area contributed by atoms with E-state index in [0.717, 1.165) is 38.7 Å². The molecule has 4 aromatic rings. The molecule has 2 aromatic carbocycles. The number of nitrogens with one attached hydrogen (secondary N) is 2. The SMILES string of the molecule is Cc1cc(CSc2nc(C3=CC=CC(Cc4cccs4)S3)c(C)c(=O)[nH]2)ccc1NSc1ccc(F)cc1. The van der Waals surface area contributed by atoms with Crippen molar-refractivity contribution in [3.63, 3.8) is 0 Å². The van der Waals surface area contributed by atoms with Gasteiger partial charge in [0.25, 0.3) is 5.56 Å². The molecular weight excluding hydrogens is 554 g/mol. The Kier molecular flexibility index (Phi) is 8.79. The van der Waals surface area contributed by atoms with E-state index in [1.54, 1.807) is 35.2 Å². The quantitative estimate of drug-likeness (QED) is 0.118. The second-order valence-corrected chi connectivity index (χ2v) is 13.0. The fraction of sp³-hybridized carbons (Fsp3) is 0.172. The normalized spacial score (nSPS) is 14.9. The molecule has 9 heteroatoms. The van der Waals surface area contributed by atoms with Crippen molar-refractivity contribution < 1.29 is 4.39 Å². The van der Waals surface area contributed by atoms with Crippen LogP contribution in [-0.4, -0.2) is 15.2 Å². The highest BCUT2D eigenvalue weighted by Crippen LogP contribution is 2.37. The Morgan fingerprint density at radius 2 is 1.97 bits per heavy atom. The van der Waals surface area contributed by atoms with Crippen LogP contribution in [0.3, 0.4) is 0 Å². The summed E-state index contributed by atoms with van der Waals surface area (Å²) in [7, 11) is 0. The molecule has 38 heavy (non-hydrogen) atoms. The summed E-state index contributed by atoms with van der Waals surface area (Å²) in [6.07, 6.45) is 7.31. The number of thiophene rings is 1. The first-order valence-electron chi connectivity index (χ1n) is 12.0. The number of allylic oxidation sites excluding steroid dienone is 2. The summed E-state index contributed by atoms with van der Waals surface area (Å²) in [6.45, 7) is 3.89. The van der Waals surface area contributed by atoms with E-state index in [0.29, 0.717) is 21.7 Å². The number of hydrogen-bond acceptors (Lipinski definition) is 7. The Hall–Kier alpha value is -2.72. The molecule has 0 saturated carbocycles. The highest BCUT2D eigenvalue weighted by molar-refractivity contribution is 8.09.